The van der Waals surface area contributed by atoms with E-state index in [1.54, 1.807) is 6.08 Å². The first-order valence-corrected chi connectivity index (χ1v) is 13.4. The molecule has 0 spiro atoms. The second-order valence-electron chi connectivity index (χ2n) is 10.3. The van der Waals surface area contributed by atoms with E-state index in [9.17, 15) is 28.0 Å². The van der Waals surface area contributed by atoms with Gasteiger partial charge in [0.15, 0.2) is 0 Å². The zero-order valence-corrected chi connectivity index (χ0v) is 23.9. The highest BCUT2D eigenvalue weighted by molar-refractivity contribution is 6.10. The molecule has 2 aliphatic rings. The van der Waals surface area contributed by atoms with Gasteiger partial charge in [-0.3, -0.25) is 15.2 Å². The van der Waals surface area contributed by atoms with Crippen molar-refractivity contribution in [2.45, 2.75) is 38.4 Å². The van der Waals surface area contributed by atoms with Crippen molar-refractivity contribution in [2.24, 2.45) is 5.73 Å². The number of unbranched alkanes of at least 4 members (excludes halogenated alkanes) is 1. The van der Waals surface area contributed by atoms with Gasteiger partial charge in [0, 0.05) is 36.2 Å². The van der Waals surface area contributed by atoms with Crippen LogP contribution in [0.4, 0.5) is 23.7 Å². The highest BCUT2D eigenvalue weighted by Gasteiger charge is 2.47. The molecule has 0 radical (unpaired) electrons. The van der Waals surface area contributed by atoms with Crippen LogP contribution in [0.15, 0.2) is 71.5 Å². The second kappa shape index (κ2) is 13.4. The average Bonchev–Trinajstić information content (AvgIpc) is 2.94. The summed E-state index contributed by atoms with van der Waals surface area (Å²) in [7, 11) is 1.13. The summed E-state index contributed by atoms with van der Waals surface area (Å²) in [6.07, 6.45) is 1.56. The quantitative estimate of drug-likeness (QED) is 0.131. The molecule has 13 heteroatoms. The maximum absolute atomic E-state index is 13.6. The first-order valence-electron chi connectivity index (χ1n) is 13.4. The number of guanidine groups is 1. The highest BCUT2D eigenvalue weighted by Crippen LogP contribution is 2.38. The third-order valence-corrected chi connectivity index (χ3v) is 7.65. The van der Waals surface area contributed by atoms with Crippen LogP contribution in [0.25, 0.3) is 0 Å². The Kier molecular flexibility index (Phi) is 10.2. The van der Waals surface area contributed by atoms with Gasteiger partial charge in [0.05, 0.1) is 55.6 Å². The van der Waals surface area contributed by atoms with Crippen LogP contribution in [0.2, 0.25) is 0 Å². The van der Waals surface area contributed by atoms with Gasteiger partial charge in [-0.2, -0.15) is 23.7 Å². The second-order valence-corrected chi connectivity index (χ2v) is 10.3. The molecule has 3 N–H and O–H groups in total. The van der Waals surface area contributed by atoms with E-state index >= 15 is 0 Å². The van der Waals surface area contributed by atoms with Crippen molar-refractivity contribution < 1.29 is 32.0 Å². The minimum atomic E-state index is -4.69. The van der Waals surface area contributed by atoms with E-state index < -0.39 is 35.7 Å². The molecule has 2 heterocycles. The fraction of sp³-hybridized carbons (Fsp3) is 0.367. The number of anilines is 1. The van der Waals surface area contributed by atoms with Crippen LogP contribution in [-0.4, -0.2) is 66.7 Å². The number of nitriles is 2. The topological polar surface area (TPSA) is 147 Å². The van der Waals surface area contributed by atoms with Gasteiger partial charge in [0.1, 0.15) is 12.6 Å². The van der Waals surface area contributed by atoms with E-state index in [4.69, 9.17) is 21.1 Å². The number of likely N-dealkylation sites (tertiary alicyclic amines) is 1. The number of halogens is 3. The standard InChI is InChI=1S/C30H32F3N7O3/c1-4-21(18-35)11-12-22(19-40(15-8-16-40)14-6-5-13-34)26-25(27(41)43-3)20(2)38(28(36)39(26)29(37)42)24-10-7-9-23(17-24)30(31,32)33/h4,7,9-12,17,26,36H,1,5-6,8,14-16,19H2,2-3H3,(H-,37,42)/p+1/b21-11+,22-12+,36-28?/t26-/m1/s1. The summed E-state index contributed by atoms with van der Waals surface area (Å²) < 4.78 is 46.3. The molecule has 0 aromatic heterocycles. The van der Waals surface area contributed by atoms with Gasteiger partial charge in [0.2, 0.25) is 5.96 Å². The normalized spacial score (nSPS) is 18.9. The molecule has 226 valence electrons. The predicted molar refractivity (Wildman–Crippen MR) is 153 cm³/mol. The number of nitrogens with two attached hydrogens (primary N) is 1. The van der Waals surface area contributed by atoms with E-state index in [-0.39, 0.29) is 29.1 Å². The van der Waals surface area contributed by atoms with Crippen LogP contribution in [0.3, 0.4) is 0 Å². The van der Waals surface area contributed by atoms with Crippen molar-refractivity contribution in [3.8, 4) is 12.1 Å². The number of nitrogens with zero attached hydrogens (tertiary/aromatic N) is 5. The summed E-state index contributed by atoms with van der Waals surface area (Å²) in [5.41, 5.74) is 5.30. The lowest BCUT2D eigenvalue weighted by atomic mass is 9.89. The number of carbonyl (C=O) groups excluding carboxylic acids is 2. The fourth-order valence-electron chi connectivity index (χ4n) is 5.45. The molecule has 1 aromatic carbocycles. The Morgan fingerprint density at radius 1 is 1.28 bits per heavy atom. The molecule has 10 nitrogen and oxygen atoms in total. The van der Waals surface area contributed by atoms with Gasteiger partial charge in [-0.25, -0.2) is 9.59 Å². The number of ether oxygens (including phenoxy) is 1. The number of esters is 1. The Balaban J connectivity index is 2.30. The SMILES string of the molecule is C=C/C(C#N)=C\C=C(/C[N+]1(CCCC#N)CCC1)[C@@H]1C(C(=O)OC)=C(C)N(c2cccc(C(F)(F)F)c2)C(=N)N1C(N)=O. The molecule has 1 atom stereocenters. The van der Waals surface area contributed by atoms with Crippen molar-refractivity contribution in [1.82, 2.24) is 4.90 Å². The first-order chi connectivity index (χ1) is 20.3. The molecular formula is C30H33F3N7O3+. The zero-order valence-electron chi connectivity index (χ0n) is 23.9. The Labute approximate surface area is 248 Å². The minimum Gasteiger partial charge on any atom is -0.466 e. The number of allylic oxidation sites excluding steroid dienone is 5. The molecule has 1 saturated heterocycles. The summed E-state index contributed by atoms with van der Waals surface area (Å²) in [6.45, 7) is 7.49. The van der Waals surface area contributed by atoms with Gasteiger partial charge >= 0.3 is 18.2 Å². The monoisotopic (exact) mass is 596 g/mol. The van der Waals surface area contributed by atoms with Crippen LogP contribution in [0.5, 0.6) is 0 Å². The van der Waals surface area contributed by atoms with Crippen LogP contribution in [-0.2, 0) is 15.7 Å². The van der Waals surface area contributed by atoms with Crippen molar-refractivity contribution in [3.05, 3.63) is 77.1 Å². The molecule has 1 aromatic rings. The highest BCUT2D eigenvalue weighted by atomic mass is 19.4. The van der Waals surface area contributed by atoms with Crippen LogP contribution < -0.4 is 10.6 Å². The number of urea groups is 1. The molecule has 0 saturated carbocycles. The summed E-state index contributed by atoms with van der Waals surface area (Å²) in [6, 6.07) is 5.89. The summed E-state index contributed by atoms with van der Waals surface area (Å²) in [5, 5.41) is 27.5. The Hall–Kier alpha value is -4.88. The van der Waals surface area contributed by atoms with Gasteiger partial charge < -0.3 is 15.0 Å². The van der Waals surface area contributed by atoms with Crippen molar-refractivity contribution >= 4 is 23.6 Å². The van der Waals surface area contributed by atoms with Gasteiger partial charge in [0.25, 0.3) is 0 Å². The third kappa shape index (κ3) is 6.96. The van der Waals surface area contributed by atoms with E-state index in [0.717, 1.165) is 54.6 Å². The van der Waals surface area contributed by atoms with Crippen molar-refractivity contribution in [1.29, 1.82) is 15.9 Å². The van der Waals surface area contributed by atoms with Gasteiger partial charge in [-0.15, -0.1) is 0 Å². The van der Waals surface area contributed by atoms with Crippen LogP contribution >= 0.6 is 0 Å². The average molecular weight is 597 g/mol. The van der Waals surface area contributed by atoms with Crippen molar-refractivity contribution in [3.63, 3.8) is 0 Å². The Morgan fingerprint density at radius 3 is 2.49 bits per heavy atom. The number of methoxy groups -OCH3 is 1. The van der Waals surface area contributed by atoms with Gasteiger partial charge in [-0.05, 0) is 31.2 Å². The summed E-state index contributed by atoms with van der Waals surface area (Å²) >= 11 is 0. The zero-order chi connectivity index (χ0) is 31.9. The number of carbonyl (C=O) groups is 2. The van der Waals surface area contributed by atoms with E-state index in [2.05, 4.69) is 12.6 Å². The number of quaternary nitrogens is 1. The number of alkyl halides is 3. The maximum Gasteiger partial charge on any atom is 0.416 e. The Bertz CT molecular complexity index is 1480. The van der Waals surface area contributed by atoms with Crippen molar-refractivity contribution in [2.75, 3.05) is 38.2 Å². The van der Waals surface area contributed by atoms with Crippen LogP contribution in [0, 0.1) is 28.1 Å². The summed E-state index contributed by atoms with van der Waals surface area (Å²) in [5.74, 6) is -1.45. The molecule has 43 heavy (non-hydrogen) atoms. The summed E-state index contributed by atoms with van der Waals surface area (Å²) in [4.78, 5) is 28.3. The molecule has 3 rings (SSSR count). The molecule has 0 unspecified atom stereocenters. The molecule has 0 bridgehead atoms. The number of rotatable bonds is 10. The molecule has 2 aliphatic heterocycles. The number of hydrogen-bond donors (Lipinski definition) is 2. The molecule has 0 aliphatic carbocycles. The van der Waals surface area contributed by atoms with Crippen LogP contribution in [0.1, 0.15) is 31.7 Å². The number of benzene rings is 1. The van der Waals surface area contributed by atoms with E-state index in [0.29, 0.717) is 29.4 Å². The van der Waals surface area contributed by atoms with E-state index in [1.807, 2.05) is 6.07 Å². The Morgan fingerprint density at radius 2 is 1.98 bits per heavy atom. The number of hydrogen-bond acceptors (Lipinski definition) is 6. The predicted octanol–water partition coefficient (Wildman–Crippen LogP) is 4.74. The van der Waals surface area contributed by atoms with E-state index in [1.165, 1.54) is 25.1 Å². The minimum absolute atomic E-state index is 0.0671. The number of primary amides is 1. The lowest BCUT2D eigenvalue weighted by molar-refractivity contribution is -0.959. The maximum atomic E-state index is 13.6. The lowest BCUT2D eigenvalue weighted by Crippen LogP contribution is -2.63. The molecule has 1 fully saturated rings. The van der Waals surface area contributed by atoms with Gasteiger partial charge in [-0.1, -0.05) is 24.8 Å². The largest absolute Gasteiger partial charge is 0.466 e. The number of nitrogens with one attached hydrogen (secondary N) is 1. The third-order valence-electron chi connectivity index (χ3n) is 7.65. The molecule has 2 amide bonds. The molecular weight excluding hydrogens is 563 g/mol. The number of amides is 2. The smallest absolute Gasteiger partial charge is 0.416 e. The lowest BCUT2D eigenvalue weighted by Gasteiger charge is -2.49. The fourth-order valence-corrected chi connectivity index (χ4v) is 5.45. The first kappa shape index (κ1) is 32.6.